The number of hydrogen-bond acceptors (Lipinski definition) is 4. The third-order valence-electron chi connectivity index (χ3n) is 4.68. The number of guanidine groups is 1. The summed E-state index contributed by atoms with van der Waals surface area (Å²) in [5.74, 6) is 1.02. The first kappa shape index (κ1) is 24.2. The van der Waals surface area contributed by atoms with Gasteiger partial charge < -0.3 is 10.6 Å². The number of nitrogens with zero attached hydrogens (tertiary/aromatic N) is 2. The van der Waals surface area contributed by atoms with E-state index in [1.165, 1.54) is 12.0 Å². The van der Waals surface area contributed by atoms with Crippen molar-refractivity contribution in [3.05, 3.63) is 35.9 Å². The quantitative estimate of drug-likeness (QED) is 0.304. The van der Waals surface area contributed by atoms with Crippen LogP contribution in [0.5, 0.6) is 0 Å². The Morgan fingerprint density at radius 1 is 1.22 bits per heavy atom. The Morgan fingerprint density at radius 2 is 1.96 bits per heavy atom. The van der Waals surface area contributed by atoms with Gasteiger partial charge in [0.05, 0.1) is 12.3 Å². The molecule has 1 aromatic carbocycles. The molecule has 0 aromatic heterocycles. The smallest absolute Gasteiger partial charge is 0.191 e. The molecule has 0 radical (unpaired) electrons. The number of benzene rings is 1. The predicted molar refractivity (Wildman–Crippen MR) is 124 cm³/mol. The van der Waals surface area contributed by atoms with Crippen molar-refractivity contribution >= 4 is 39.8 Å². The van der Waals surface area contributed by atoms with Crippen LogP contribution in [0.2, 0.25) is 0 Å². The molecule has 0 spiro atoms. The lowest BCUT2D eigenvalue weighted by molar-refractivity contribution is 0.250. The van der Waals surface area contributed by atoms with Gasteiger partial charge in [-0.15, -0.1) is 24.0 Å². The minimum atomic E-state index is -2.96. The van der Waals surface area contributed by atoms with E-state index in [9.17, 15) is 8.42 Å². The van der Waals surface area contributed by atoms with Crippen LogP contribution in [0.15, 0.2) is 35.3 Å². The van der Waals surface area contributed by atoms with Crippen molar-refractivity contribution < 1.29 is 8.42 Å². The van der Waals surface area contributed by atoms with Gasteiger partial charge in [0.25, 0.3) is 0 Å². The van der Waals surface area contributed by atoms with E-state index in [4.69, 9.17) is 4.99 Å². The average molecular weight is 508 g/mol. The summed E-state index contributed by atoms with van der Waals surface area (Å²) in [5, 5.41) is 6.34. The standard InChI is InChI=1S/C19H32N4O2S.HI/c1-3-20-19(21-12-14-26(24,25)4-2)22-15-18-11-8-13-23(18)16-17-9-6-5-7-10-17;/h5-7,9-10,18H,3-4,8,11-16H2,1-2H3,(H2,20,21,22);1H. The Bertz CT molecular complexity index is 668. The molecule has 1 aromatic rings. The highest BCUT2D eigenvalue weighted by Gasteiger charge is 2.24. The first-order chi connectivity index (χ1) is 12.5. The van der Waals surface area contributed by atoms with E-state index in [-0.39, 0.29) is 35.5 Å². The molecular formula is C19H33IN4O2S. The fraction of sp³-hybridized carbons (Fsp3) is 0.632. The minimum Gasteiger partial charge on any atom is -0.357 e. The van der Waals surface area contributed by atoms with E-state index in [2.05, 4.69) is 39.8 Å². The van der Waals surface area contributed by atoms with Crippen LogP contribution >= 0.6 is 24.0 Å². The molecule has 0 saturated carbocycles. The third kappa shape index (κ3) is 8.78. The van der Waals surface area contributed by atoms with Crippen LogP contribution in [0.1, 0.15) is 32.3 Å². The second-order valence-electron chi connectivity index (χ2n) is 6.63. The normalized spacial score (nSPS) is 18.1. The van der Waals surface area contributed by atoms with Crippen LogP contribution in [-0.4, -0.2) is 63.0 Å². The van der Waals surface area contributed by atoms with Crippen LogP contribution in [-0.2, 0) is 16.4 Å². The van der Waals surface area contributed by atoms with Gasteiger partial charge in [0.1, 0.15) is 0 Å². The monoisotopic (exact) mass is 508 g/mol. The molecule has 1 atom stereocenters. The molecule has 0 amide bonds. The van der Waals surface area contributed by atoms with Gasteiger partial charge in [-0.25, -0.2) is 8.42 Å². The molecule has 1 fully saturated rings. The predicted octanol–water partition coefficient (Wildman–Crippen LogP) is 2.26. The van der Waals surface area contributed by atoms with Crippen molar-refractivity contribution in [1.29, 1.82) is 0 Å². The van der Waals surface area contributed by atoms with Crippen molar-refractivity contribution in [3.8, 4) is 0 Å². The van der Waals surface area contributed by atoms with E-state index in [1.807, 2.05) is 13.0 Å². The average Bonchev–Trinajstić information content (AvgIpc) is 3.07. The molecule has 2 rings (SSSR count). The van der Waals surface area contributed by atoms with E-state index in [0.717, 1.165) is 32.6 Å². The molecule has 1 heterocycles. The van der Waals surface area contributed by atoms with Gasteiger partial charge in [0, 0.05) is 31.4 Å². The Kier molecular flexibility index (Phi) is 11.2. The summed E-state index contributed by atoms with van der Waals surface area (Å²) in [6, 6.07) is 11.0. The number of likely N-dealkylation sites (tertiary alicyclic amines) is 1. The largest absolute Gasteiger partial charge is 0.357 e. The molecular weight excluding hydrogens is 475 g/mol. The van der Waals surface area contributed by atoms with E-state index >= 15 is 0 Å². The van der Waals surface area contributed by atoms with E-state index in [0.29, 0.717) is 18.5 Å². The van der Waals surface area contributed by atoms with Crippen molar-refractivity contribution in [3.63, 3.8) is 0 Å². The fourth-order valence-corrected chi connectivity index (χ4v) is 3.84. The number of rotatable bonds is 9. The summed E-state index contributed by atoms with van der Waals surface area (Å²) in [7, 11) is -2.96. The molecule has 27 heavy (non-hydrogen) atoms. The van der Waals surface area contributed by atoms with Crippen molar-refractivity contribution in [2.75, 3.05) is 37.7 Å². The van der Waals surface area contributed by atoms with Crippen LogP contribution in [0.25, 0.3) is 0 Å². The number of hydrogen-bond donors (Lipinski definition) is 2. The summed E-state index contributed by atoms with van der Waals surface area (Å²) in [6.45, 7) is 7.62. The zero-order valence-electron chi connectivity index (χ0n) is 16.4. The molecule has 0 bridgehead atoms. The van der Waals surface area contributed by atoms with Crippen LogP contribution in [0.4, 0.5) is 0 Å². The molecule has 6 nitrogen and oxygen atoms in total. The van der Waals surface area contributed by atoms with Gasteiger partial charge in [-0.3, -0.25) is 9.89 Å². The lowest BCUT2D eigenvalue weighted by Crippen LogP contribution is -2.41. The highest BCUT2D eigenvalue weighted by Crippen LogP contribution is 2.20. The minimum absolute atomic E-state index is 0. The first-order valence-corrected chi connectivity index (χ1v) is 11.4. The third-order valence-corrected chi connectivity index (χ3v) is 6.38. The maximum Gasteiger partial charge on any atom is 0.191 e. The van der Waals surface area contributed by atoms with Crippen molar-refractivity contribution in [2.24, 2.45) is 4.99 Å². The van der Waals surface area contributed by atoms with Gasteiger partial charge in [-0.2, -0.15) is 0 Å². The maximum atomic E-state index is 11.6. The van der Waals surface area contributed by atoms with Crippen molar-refractivity contribution in [2.45, 2.75) is 39.3 Å². The molecule has 8 heteroatoms. The molecule has 1 saturated heterocycles. The molecule has 1 aliphatic rings. The number of nitrogens with one attached hydrogen (secondary N) is 2. The molecule has 2 N–H and O–H groups in total. The maximum absolute atomic E-state index is 11.6. The fourth-order valence-electron chi connectivity index (χ4n) is 3.14. The summed E-state index contributed by atoms with van der Waals surface area (Å²) in [5.41, 5.74) is 1.33. The highest BCUT2D eigenvalue weighted by atomic mass is 127. The molecule has 1 aliphatic heterocycles. The van der Waals surface area contributed by atoms with Gasteiger partial charge in [0.2, 0.25) is 0 Å². The number of halogens is 1. The zero-order chi connectivity index (χ0) is 18.8. The van der Waals surface area contributed by atoms with Gasteiger partial charge in [-0.1, -0.05) is 37.3 Å². The van der Waals surface area contributed by atoms with Gasteiger partial charge in [0.15, 0.2) is 15.8 Å². The first-order valence-electron chi connectivity index (χ1n) is 9.54. The van der Waals surface area contributed by atoms with Crippen LogP contribution in [0, 0.1) is 0 Å². The van der Waals surface area contributed by atoms with Crippen molar-refractivity contribution in [1.82, 2.24) is 15.5 Å². The van der Waals surface area contributed by atoms with Gasteiger partial charge in [-0.05, 0) is 31.9 Å². The van der Waals surface area contributed by atoms with Crippen LogP contribution < -0.4 is 10.6 Å². The summed E-state index contributed by atoms with van der Waals surface area (Å²) in [4.78, 5) is 7.18. The second kappa shape index (κ2) is 12.6. The summed E-state index contributed by atoms with van der Waals surface area (Å²) in [6.07, 6.45) is 2.35. The second-order valence-corrected chi connectivity index (χ2v) is 9.11. The Balaban J connectivity index is 0.00000364. The van der Waals surface area contributed by atoms with Crippen LogP contribution in [0.3, 0.4) is 0 Å². The lowest BCUT2D eigenvalue weighted by atomic mass is 10.2. The molecule has 1 unspecified atom stereocenters. The summed E-state index contributed by atoms with van der Waals surface area (Å²) < 4.78 is 23.2. The Labute approximate surface area is 181 Å². The number of aliphatic imine (C=N–C) groups is 1. The lowest BCUT2D eigenvalue weighted by Gasteiger charge is -2.23. The molecule has 0 aliphatic carbocycles. The topological polar surface area (TPSA) is 73.8 Å². The Hall–Kier alpha value is -0.870. The number of sulfone groups is 1. The van der Waals surface area contributed by atoms with Gasteiger partial charge >= 0.3 is 0 Å². The highest BCUT2D eigenvalue weighted by molar-refractivity contribution is 14.0. The summed E-state index contributed by atoms with van der Waals surface area (Å²) >= 11 is 0. The Morgan fingerprint density at radius 3 is 2.63 bits per heavy atom. The molecule has 154 valence electrons. The van der Waals surface area contributed by atoms with E-state index in [1.54, 1.807) is 6.92 Å². The zero-order valence-corrected chi connectivity index (χ0v) is 19.5. The van der Waals surface area contributed by atoms with E-state index < -0.39 is 9.84 Å². The SMILES string of the molecule is CCNC(=NCC1CCCN1Cc1ccccc1)NCCS(=O)(=O)CC.I.